The predicted octanol–water partition coefficient (Wildman–Crippen LogP) is 3.57. The second-order valence-electron chi connectivity index (χ2n) is 10.2. The van der Waals surface area contributed by atoms with Gasteiger partial charge in [0.05, 0.1) is 12.2 Å². The summed E-state index contributed by atoms with van der Waals surface area (Å²) in [6.45, 7) is 7.06. The molecule has 5 heterocycles. The molecule has 4 aliphatic rings. The van der Waals surface area contributed by atoms with Crippen molar-refractivity contribution in [1.29, 1.82) is 0 Å². The average Bonchev–Trinajstić information content (AvgIpc) is 3.52. The normalized spacial score (nSPS) is 21.3. The third kappa shape index (κ3) is 3.14. The maximum atomic E-state index is 13.9. The fourth-order valence-electron chi connectivity index (χ4n) is 5.61. The molecule has 1 aromatic carbocycles. The van der Waals surface area contributed by atoms with Crippen LogP contribution >= 0.6 is 11.6 Å². The lowest BCUT2D eigenvalue weighted by Crippen LogP contribution is -2.73. The number of nitrogens with zero attached hydrogens (tertiary/aromatic N) is 7. The molecule has 0 bridgehead atoms. The molecule has 7 rings (SSSR count). The number of hydrogen-bond donors (Lipinski definition) is 0. The molecule has 1 aliphatic carbocycles. The summed E-state index contributed by atoms with van der Waals surface area (Å²) in [4.78, 5) is 11.1. The smallest absolute Gasteiger partial charge is 0.231 e. The van der Waals surface area contributed by atoms with Gasteiger partial charge in [-0.05, 0) is 49.6 Å². The van der Waals surface area contributed by atoms with Crippen LogP contribution < -0.4 is 9.80 Å². The van der Waals surface area contributed by atoms with Gasteiger partial charge in [0.25, 0.3) is 0 Å². The minimum Gasteiger partial charge on any atom is -0.355 e. The van der Waals surface area contributed by atoms with Crippen molar-refractivity contribution in [2.24, 2.45) is 5.41 Å². The summed E-state index contributed by atoms with van der Waals surface area (Å²) in [5.74, 6) is 2.25. The van der Waals surface area contributed by atoms with Gasteiger partial charge in [-0.3, -0.25) is 9.47 Å². The Hall–Kier alpha value is -2.71. The molecular formula is C24H25ClFN7. The first-order valence-corrected chi connectivity index (χ1v) is 12.0. The van der Waals surface area contributed by atoms with Gasteiger partial charge in [-0.25, -0.2) is 4.98 Å². The van der Waals surface area contributed by atoms with Crippen LogP contribution in [0.4, 0.5) is 16.2 Å². The zero-order valence-corrected chi connectivity index (χ0v) is 19.3. The van der Waals surface area contributed by atoms with Gasteiger partial charge < -0.3 is 9.80 Å². The minimum atomic E-state index is -0.381. The van der Waals surface area contributed by atoms with E-state index in [4.69, 9.17) is 11.6 Å². The van der Waals surface area contributed by atoms with E-state index in [1.54, 1.807) is 13.0 Å². The number of pyridine rings is 1. The lowest BCUT2D eigenvalue weighted by Gasteiger charge is -2.60. The lowest BCUT2D eigenvalue weighted by molar-refractivity contribution is 0.153. The SMILES string of the molecule is Cc1ccc(N2CC3(C2)CN(c2nnc4n2-c2ccc(Cl)cc2CN(C2CC2)C4)C3)nc1F. The number of anilines is 2. The van der Waals surface area contributed by atoms with E-state index in [0.29, 0.717) is 11.6 Å². The van der Waals surface area contributed by atoms with E-state index in [1.807, 2.05) is 12.1 Å². The van der Waals surface area contributed by atoms with E-state index in [1.165, 1.54) is 18.4 Å². The van der Waals surface area contributed by atoms with E-state index in [0.717, 1.165) is 67.6 Å². The first-order valence-electron chi connectivity index (χ1n) is 11.6. The number of hydrogen-bond acceptors (Lipinski definition) is 6. The lowest BCUT2D eigenvalue weighted by atomic mass is 9.73. The highest BCUT2D eigenvalue weighted by atomic mass is 35.5. The molecule has 170 valence electrons. The Bertz CT molecular complexity index is 1260. The van der Waals surface area contributed by atoms with Crippen molar-refractivity contribution in [3.05, 3.63) is 58.3 Å². The summed E-state index contributed by atoms with van der Waals surface area (Å²) < 4.78 is 16.1. The topological polar surface area (TPSA) is 53.3 Å². The van der Waals surface area contributed by atoms with Gasteiger partial charge in [0.15, 0.2) is 5.82 Å². The Morgan fingerprint density at radius 1 is 1.00 bits per heavy atom. The van der Waals surface area contributed by atoms with Crippen LogP contribution in [0.3, 0.4) is 0 Å². The van der Waals surface area contributed by atoms with Crippen molar-refractivity contribution in [3.63, 3.8) is 0 Å². The van der Waals surface area contributed by atoms with E-state index >= 15 is 0 Å². The molecule has 1 spiro atoms. The van der Waals surface area contributed by atoms with Crippen molar-refractivity contribution in [1.82, 2.24) is 24.6 Å². The van der Waals surface area contributed by atoms with Gasteiger partial charge in [0, 0.05) is 54.8 Å². The van der Waals surface area contributed by atoms with Gasteiger partial charge in [-0.2, -0.15) is 4.39 Å². The Labute approximate surface area is 196 Å². The van der Waals surface area contributed by atoms with Crippen molar-refractivity contribution in [2.75, 3.05) is 36.0 Å². The standard InChI is InChI=1S/C24H25ClFN7/c1-15-2-7-20(27-22(15)26)31-11-24(12-31)13-32(14-24)23-29-28-21-10-30(18-4-5-18)9-16-8-17(25)3-6-19(16)33(21)23/h2-3,6-8,18H,4-5,9-14H2,1H3. The maximum Gasteiger partial charge on any atom is 0.231 e. The Morgan fingerprint density at radius 3 is 2.55 bits per heavy atom. The molecule has 33 heavy (non-hydrogen) atoms. The predicted molar refractivity (Wildman–Crippen MR) is 124 cm³/mol. The van der Waals surface area contributed by atoms with Crippen molar-refractivity contribution >= 4 is 23.4 Å². The zero-order valence-electron chi connectivity index (χ0n) is 18.5. The molecular weight excluding hydrogens is 441 g/mol. The average molecular weight is 466 g/mol. The highest BCUT2D eigenvalue weighted by molar-refractivity contribution is 6.30. The van der Waals surface area contributed by atoms with Crippen molar-refractivity contribution in [3.8, 4) is 5.69 Å². The van der Waals surface area contributed by atoms with Gasteiger partial charge in [0.2, 0.25) is 11.9 Å². The Balaban J connectivity index is 1.13. The minimum absolute atomic E-state index is 0.211. The summed E-state index contributed by atoms with van der Waals surface area (Å²) in [7, 11) is 0. The largest absolute Gasteiger partial charge is 0.355 e. The summed E-state index contributed by atoms with van der Waals surface area (Å²) in [5, 5.41) is 10.00. The van der Waals surface area contributed by atoms with Crippen LogP contribution in [0, 0.1) is 18.3 Å². The van der Waals surface area contributed by atoms with E-state index in [9.17, 15) is 4.39 Å². The molecule has 2 aromatic heterocycles. The monoisotopic (exact) mass is 465 g/mol. The molecule has 2 saturated heterocycles. The molecule has 0 amide bonds. The molecule has 7 nitrogen and oxygen atoms in total. The first kappa shape index (κ1) is 19.7. The molecule has 3 fully saturated rings. The van der Waals surface area contributed by atoms with E-state index in [-0.39, 0.29) is 11.4 Å². The number of benzene rings is 1. The number of aromatic nitrogens is 4. The molecule has 3 aromatic rings. The summed E-state index contributed by atoms with van der Waals surface area (Å²) in [5.41, 5.74) is 3.15. The maximum absolute atomic E-state index is 13.9. The van der Waals surface area contributed by atoms with Gasteiger partial charge in [0.1, 0.15) is 5.82 Å². The second kappa shape index (κ2) is 6.90. The fraction of sp³-hybridized carbons (Fsp3) is 0.458. The van der Waals surface area contributed by atoms with Crippen LogP contribution in [0.2, 0.25) is 5.02 Å². The number of fused-ring (bicyclic) bond motifs is 3. The Kier molecular flexibility index (Phi) is 4.13. The van der Waals surface area contributed by atoms with Crippen molar-refractivity contribution < 1.29 is 4.39 Å². The number of aryl methyl sites for hydroxylation is 1. The molecule has 1 saturated carbocycles. The first-order chi connectivity index (χ1) is 16.0. The molecule has 9 heteroatoms. The van der Waals surface area contributed by atoms with E-state index in [2.05, 4.69) is 46.6 Å². The van der Waals surface area contributed by atoms with Crippen molar-refractivity contribution in [2.45, 2.75) is 38.9 Å². The zero-order chi connectivity index (χ0) is 22.3. The third-order valence-electron chi connectivity index (χ3n) is 7.51. The van der Waals surface area contributed by atoms with Crippen LogP contribution in [0.5, 0.6) is 0 Å². The highest BCUT2D eigenvalue weighted by Crippen LogP contribution is 2.44. The van der Waals surface area contributed by atoms with E-state index < -0.39 is 0 Å². The Morgan fingerprint density at radius 2 is 1.79 bits per heavy atom. The molecule has 0 unspecified atom stereocenters. The number of halogens is 2. The van der Waals surface area contributed by atoms with Crippen LogP contribution in [0.15, 0.2) is 30.3 Å². The van der Waals surface area contributed by atoms with Crippen LogP contribution in [-0.2, 0) is 13.1 Å². The molecule has 0 atom stereocenters. The number of rotatable bonds is 3. The third-order valence-corrected chi connectivity index (χ3v) is 7.74. The molecule has 3 aliphatic heterocycles. The summed E-state index contributed by atoms with van der Waals surface area (Å²) >= 11 is 6.36. The fourth-order valence-corrected chi connectivity index (χ4v) is 5.81. The van der Waals surface area contributed by atoms with Gasteiger partial charge in [-0.1, -0.05) is 17.7 Å². The summed E-state index contributed by atoms with van der Waals surface area (Å²) in [6, 6.07) is 10.5. The quantitative estimate of drug-likeness (QED) is 0.551. The summed E-state index contributed by atoms with van der Waals surface area (Å²) in [6.07, 6.45) is 2.50. The van der Waals surface area contributed by atoms with Crippen LogP contribution in [0.1, 0.15) is 29.8 Å². The molecule has 0 radical (unpaired) electrons. The van der Waals surface area contributed by atoms with Crippen LogP contribution in [-0.4, -0.2) is 56.9 Å². The van der Waals surface area contributed by atoms with Crippen LogP contribution in [0.25, 0.3) is 5.69 Å². The second-order valence-corrected chi connectivity index (χ2v) is 10.6. The van der Waals surface area contributed by atoms with Gasteiger partial charge in [-0.15, -0.1) is 10.2 Å². The van der Waals surface area contributed by atoms with Gasteiger partial charge >= 0.3 is 0 Å². The molecule has 0 N–H and O–H groups in total. The highest BCUT2D eigenvalue weighted by Gasteiger charge is 2.53.